The van der Waals surface area contributed by atoms with Gasteiger partial charge in [-0.1, -0.05) is 17.7 Å². The van der Waals surface area contributed by atoms with Crippen LogP contribution in [0.4, 0.5) is 5.69 Å². The summed E-state index contributed by atoms with van der Waals surface area (Å²) < 4.78 is 0.822. The van der Waals surface area contributed by atoms with Crippen LogP contribution in [0.1, 0.15) is 5.56 Å². The third kappa shape index (κ3) is 3.05. The summed E-state index contributed by atoms with van der Waals surface area (Å²) in [4.78, 5) is 3.99. The van der Waals surface area contributed by atoms with Crippen LogP contribution in [-0.2, 0) is 6.54 Å². The van der Waals surface area contributed by atoms with Crippen LogP contribution in [0, 0.1) is 0 Å². The van der Waals surface area contributed by atoms with Crippen molar-refractivity contribution in [1.29, 1.82) is 0 Å². The number of phenolic OH excluding ortho intramolecular Hbond substituents is 2. The van der Waals surface area contributed by atoms with Gasteiger partial charge in [0.1, 0.15) is 0 Å². The van der Waals surface area contributed by atoms with Crippen LogP contribution in [-0.4, -0.2) is 15.2 Å². The number of aromatic hydroxyl groups is 2. The van der Waals surface area contributed by atoms with Crippen molar-refractivity contribution in [2.45, 2.75) is 6.54 Å². The van der Waals surface area contributed by atoms with Gasteiger partial charge in [-0.2, -0.15) is 0 Å². The number of benzene rings is 1. The molecule has 4 nitrogen and oxygen atoms in total. The number of aromatic nitrogens is 1. The lowest BCUT2D eigenvalue weighted by molar-refractivity contribution is 0.403. The molecule has 0 amide bonds. The third-order valence-electron chi connectivity index (χ3n) is 2.33. The van der Waals surface area contributed by atoms with Gasteiger partial charge in [0.15, 0.2) is 16.7 Å². The molecule has 2 aromatic rings. The molecular formula is C12H10BrClN2O2. The fraction of sp³-hybridized carbons (Fsp3) is 0.0833. The zero-order valence-corrected chi connectivity index (χ0v) is 11.5. The van der Waals surface area contributed by atoms with Gasteiger partial charge < -0.3 is 15.5 Å². The van der Waals surface area contributed by atoms with E-state index in [0.717, 1.165) is 10.0 Å². The van der Waals surface area contributed by atoms with E-state index in [4.69, 9.17) is 11.6 Å². The van der Waals surface area contributed by atoms with Crippen molar-refractivity contribution in [3.8, 4) is 11.5 Å². The minimum atomic E-state index is -0.146. The Morgan fingerprint density at radius 3 is 2.72 bits per heavy atom. The van der Waals surface area contributed by atoms with Crippen molar-refractivity contribution in [2.24, 2.45) is 0 Å². The predicted octanol–water partition coefficient (Wildman–Crippen LogP) is 3.52. The summed E-state index contributed by atoms with van der Waals surface area (Å²) in [6, 6.07) is 6.45. The number of pyridine rings is 1. The van der Waals surface area contributed by atoms with E-state index in [1.54, 1.807) is 12.3 Å². The Kier molecular flexibility index (Phi) is 3.93. The van der Waals surface area contributed by atoms with Gasteiger partial charge in [-0.3, -0.25) is 0 Å². The van der Waals surface area contributed by atoms with Gasteiger partial charge >= 0.3 is 0 Å². The highest BCUT2D eigenvalue weighted by Gasteiger charge is 2.04. The Hall–Kier alpha value is -1.46. The molecule has 0 atom stereocenters. The van der Waals surface area contributed by atoms with Crippen LogP contribution in [0.3, 0.4) is 0 Å². The molecule has 0 saturated carbocycles. The zero-order chi connectivity index (χ0) is 13.1. The van der Waals surface area contributed by atoms with Crippen molar-refractivity contribution in [2.75, 3.05) is 5.32 Å². The molecule has 0 unspecified atom stereocenters. The van der Waals surface area contributed by atoms with Crippen LogP contribution in [0.2, 0.25) is 5.15 Å². The third-order valence-corrected chi connectivity index (χ3v) is 3.06. The average molecular weight is 330 g/mol. The molecule has 0 saturated heterocycles. The van der Waals surface area contributed by atoms with Gasteiger partial charge in [0.25, 0.3) is 0 Å². The lowest BCUT2D eigenvalue weighted by Gasteiger charge is -2.09. The minimum Gasteiger partial charge on any atom is -0.504 e. The first-order chi connectivity index (χ1) is 8.56. The largest absolute Gasteiger partial charge is 0.504 e. The summed E-state index contributed by atoms with van der Waals surface area (Å²) in [6.07, 6.45) is 1.61. The Morgan fingerprint density at radius 2 is 2.00 bits per heavy atom. The maximum absolute atomic E-state index is 9.37. The fourth-order valence-corrected chi connectivity index (χ4v) is 1.92. The van der Waals surface area contributed by atoms with E-state index in [-0.39, 0.29) is 11.5 Å². The molecule has 0 aliphatic heterocycles. The Bertz CT molecular complexity index is 578. The van der Waals surface area contributed by atoms with E-state index in [9.17, 15) is 10.2 Å². The van der Waals surface area contributed by atoms with E-state index in [0.29, 0.717) is 17.4 Å². The minimum absolute atomic E-state index is 0.138. The molecule has 1 heterocycles. The molecule has 18 heavy (non-hydrogen) atoms. The SMILES string of the molecule is Oc1ccc(CNc2cc(Br)cnc2Cl)cc1O. The maximum atomic E-state index is 9.37. The molecule has 3 N–H and O–H groups in total. The quantitative estimate of drug-likeness (QED) is 0.595. The highest BCUT2D eigenvalue weighted by molar-refractivity contribution is 9.10. The Balaban J connectivity index is 2.11. The van der Waals surface area contributed by atoms with Crippen molar-refractivity contribution in [1.82, 2.24) is 4.98 Å². The summed E-state index contributed by atoms with van der Waals surface area (Å²) in [5.74, 6) is -0.284. The fourth-order valence-electron chi connectivity index (χ4n) is 1.42. The van der Waals surface area contributed by atoms with Crippen LogP contribution in [0.25, 0.3) is 0 Å². The van der Waals surface area contributed by atoms with E-state index in [2.05, 4.69) is 26.2 Å². The number of halogens is 2. The van der Waals surface area contributed by atoms with E-state index >= 15 is 0 Å². The molecule has 2 rings (SSSR count). The predicted molar refractivity (Wildman–Crippen MR) is 74.0 cm³/mol. The Morgan fingerprint density at radius 1 is 1.22 bits per heavy atom. The first-order valence-corrected chi connectivity index (χ1v) is 6.29. The van der Waals surface area contributed by atoms with Crippen molar-refractivity contribution in [3.63, 3.8) is 0 Å². The van der Waals surface area contributed by atoms with Gasteiger partial charge in [-0.15, -0.1) is 0 Å². The molecule has 0 aliphatic carbocycles. The van der Waals surface area contributed by atoms with Gasteiger partial charge in [0, 0.05) is 17.2 Å². The molecule has 1 aromatic heterocycles. The van der Waals surface area contributed by atoms with Crippen molar-refractivity contribution in [3.05, 3.63) is 45.7 Å². The smallest absolute Gasteiger partial charge is 0.157 e. The van der Waals surface area contributed by atoms with Gasteiger partial charge in [-0.25, -0.2) is 4.98 Å². The number of rotatable bonds is 3. The highest BCUT2D eigenvalue weighted by Crippen LogP contribution is 2.27. The molecule has 0 aliphatic rings. The van der Waals surface area contributed by atoms with E-state index < -0.39 is 0 Å². The van der Waals surface area contributed by atoms with Gasteiger partial charge in [0.2, 0.25) is 0 Å². The molecule has 1 aromatic carbocycles. The second-order valence-corrected chi connectivity index (χ2v) is 4.94. The second-order valence-electron chi connectivity index (χ2n) is 3.67. The van der Waals surface area contributed by atoms with Crippen LogP contribution < -0.4 is 5.32 Å². The van der Waals surface area contributed by atoms with Crippen LogP contribution >= 0.6 is 27.5 Å². The number of hydrogen-bond acceptors (Lipinski definition) is 4. The Labute approximate surface area is 117 Å². The zero-order valence-electron chi connectivity index (χ0n) is 9.19. The molecule has 6 heteroatoms. The van der Waals surface area contributed by atoms with Gasteiger partial charge in [-0.05, 0) is 39.7 Å². The summed E-state index contributed by atoms with van der Waals surface area (Å²) in [7, 11) is 0. The lowest BCUT2D eigenvalue weighted by Crippen LogP contribution is -2.00. The summed E-state index contributed by atoms with van der Waals surface area (Å²) in [5, 5.41) is 22.0. The molecule has 0 bridgehead atoms. The second kappa shape index (κ2) is 5.46. The standard InChI is InChI=1S/C12H10BrClN2O2/c13-8-4-9(12(14)16-6-8)15-5-7-1-2-10(17)11(18)3-7/h1-4,6,15,17-18H,5H2. The summed E-state index contributed by atoms with van der Waals surface area (Å²) in [6.45, 7) is 0.464. The van der Waals surface area contributed by atoms with Crippen LogP contribution in [0.15, 0.2) is 34.9 Å². The average Bonchev–Trinajstić information content (AvgIpc) is 2.34. The number of phenols is 2. The molecule has 0 spiro atoms. The van der Waals surface area contributed by atoms with Crippen molar-refractivity contribution < 1.29 is 10.2 Å². The number of nitrogens with one attached hydrogen (secondary N) is 1. The van der Waals surface area contributed by atoms with E-state index in [1.807, 2.05) is 6.07 Å². The highest BCUT2D eigenvalue weighted by atomic mass is 79.9. The lowest BCUT2D eigenvalue weighted by atomic mass is 10.2. The molecular weight excluding hydrogens is 320 g/mol. The molecule has 94 valence electrons. The van der Waals surface area contributed by atoms with E-state index in [1.165, 1.54) is 12.1 Å². The van der Waals surface area contributed by atoms with Crippen LogP contribution in [0.5, 0.6) is 11.5 Å². The molecule has 0 fully saturated rings. The monoisotopic (exact) mass is 328 g/mol. The maximum Gasteiger partial charge on any atom is 0.157 e. The summed E-state index contributed by atoms with van der Waals surface area (Å²) >= 11 is 9.24. The van der Waals surface area contributed by atoms with Gasteiger partial charge in [0.05, 0.1) is 5.69 Å². The topological polar surface area (TPSA) is 65.4 Å². The van der Waals surface area contributed by atoms with Crippen molar-refractivity contribution >= 4 is 33.2 Å². The number of nitrogens with zero attached hydrogens (tertiary/aromatic N) is 1. The number of anilines is 1. The molecule has 0 radical (unpaired) electrons. The number of hydrogen-bond donors (Lipinski definition) is 3. The first-order valence-electron chi connectivity index (χ1n) is 5.12. The normalized spacial score (nSPS) is 10.3. The first kappa shape index (κ1) is 13.0. The summed E-state index contributed by atoms with van der Waals surface area (Å²) in [5.41, 5.74) is 1.51.